The van der Waals surface area contributed by atoms with Crippen molar-refractivity contribution in [3.05, 3.63) is 0 Å². The van der Waals surface area contributed by atoms with Gasteiger partial charge in [-0.3, -0.25) is 5.32 Å². The minimum absolute atomic E-state index is 0.0642. The molecule has 0 aromatic carbocycles. The molecule has 6 heteroatoms. The first-order chi connectivity index (χ1) is 7.89. The zero-order valence-electron chi connectivity index (χ0n) is 11.0. The Morgan fingerprint density at radius 3 is 2.53 bits per heavy atom. The number of hydrogen-bond acceptors (Lipinski definition) is 5. The van der Waals surface area contributed by atoms with Crippen LogP contribution in [0.4, 0.5) is 4.79 Å². The van der Waals surface area contributed by atoms with E-state index in [1.54, 1.807) is 20.8 Å². The second-order valence-corrected chi connectivity index (χ2v) is 4.39. The van der Waals surface area contributed by atoms with Crippen LogP contribution in [0.15, 0.2) is 0 Å². The lowest BCUT2D eigenvalue weighted by atomic mass is 10.2. The van der Waals surface area contributed by atoms with E-state index in [2.05, 4.69) is 5.32 Å². The van der Waals surface area contributed by atoms with E-state index in [0.29, 0.717) is 6.61 Å². The summed E-state index contributed by atoms with van der Waals surface area (Å²) in [4.78, 5) is 11.5. The van der Waals surface area contributed by atoms with Gasteiger partial charge in [0.15, 0.2) is 6.23 Å². The van der Waals surface area contributed by atoms with Crippen molar-refractivity contribution in [2.24, 2.45) is 0 Å². The fraction of sp³-hybridized carbons (Fsp3) is 0.909. The quantitative estimate of drug-likeness (QED) is 0.517. The molecule has 0 spiro atoms. The molecule has 102 valence electrons. The molecule has 2 N–H and O–H groups in total. The standard InChI is InChI=1S/C11H23NO5/c1-5-16-9(8-15-7-6-13)12-10(14)17-11(2,3)4/h9,13H,5-8H2,1-4H3,(H,12,14). The number of amides is 1. The molecule has 6 nitrogen and oxygen atoms in total. The Labute approximate surface area is 102 Å². The number of aliphatic hydroxyl groups is 1. The second-order valence-electron chi connectivity index (χ2n) is 4.39. The van der Waals surface area contributed by atoms with E-state index in [-0.39, 0.29) is 19.8 Å². The van der Waals surface area contributed by atoms with Gasteiger partial charge in [0.05, 0.1) is 19.8 Å². The minimum atomic E-state index is -0.568. The molecule has 0 heterocycles. The summed E-state index contributed by atoms with van der Waals surface area (Å²) in [6.07, 6.45) is -1.12. The molecule has 1 amide bonds. The molecule has 0 rings (SSSR count). The fourth-order valence-electron chi connectivity index (χ4n) is 1.03. The highest BCUT2D eigenvalue weighted by Crippen LogP contribution is 2.06. The van der Waals surface area contributed by atoms with Gasteiger partial charge in [-0.1, -0.05) is 0 Å². The molecule has 0 aliphatic rings. The zero-order valence-corrected chi connectivity index (χ0v) is 11.0. The van der Waals surface area contributed by atoms with Gasteiger partial charge < -0.3 is 19.3 Å². The van der Waals surface area contributed by atoms with E-state index in [4.69, 9.17) is 19.3 Å². The Morgan fingerprint density at radius 2 is 2.06 bits per heavy atom. The average molecular weight is 249 g/mol. The maximum atomic E-state index is 11.5. The molecular weight excluding hydrogens is 226 g/mol. The summed E-state index contributed by atoms with van der Waals surface area (Å²) in [6.45, 7) is 7.93. The van der Waals surface area contributed by atoms with Gasteiger partial charge in [-0.05, 0) is 27.7 Å². The number of carbonyl (C=O) groups is 1. The van der Waals surface area contributed by atoms with Crippen LogP contribution in [0.3, 0.4) is 0 Å². The molecule has 0 saturated carbocycles. The normalized spacial score (nSPS) is 13.2. The van der Waals surface area contributed by atoms with Gasteiger partial charge in [-0.2, -0.15) is 0 Å². The van der Waals surface area contributed by atoms with E-state index in [9.17, 15) is 4.79 Å². The molecule has 0 fully saturated rings. The predicted molar refractivity (Wildman–Crippen MR) is 62.7 cm³/mol. The highest BCUT2D eigenvalue weighted by Gasteiger charge is 2.19. The minimum Gasteiger partial charge on any atom is -0.444 e. The molecule has 1 atom stereocenters. The highest BCUT2D eigenvalue weighted by molar-refractivity contribution is 5.67. The van der Waals surface area contributed by atoms with Crippen LogP contribution in [-0.2, 0) is 14.2 Å². The molecule has 17 heavy (non-hydrogen) atoms. The third-order valence-corrected chi connectivity index (χ3v) is 1.55. The summed E-state index contributed by atoms with van der Waals surface area (Å²) in [5, 5.41) is 11.1. The predicted octanol–water partition coefficient (Wildman–Crippen LogP) is 0.883. The Hall–Kier alpha value is -0.850. The number of rotatable bonds is 7. The summed E-state index contributed by atoms with van der Waals surface area (Å²) >= 11 is 0. The van der Waals surface area contributed by atoms with Gasteiger partial charge in [0, 0.05) is 6.61 Å². The van der Waals surface area contributed by atoms with Crippen molar-refractivity contribution in [2.75, 3.05) is 26.4 Å². The Bertz CT molecular complexity index is 214. The monoisotopic (exact) mass is 249 g/mol. The molecule has 0 aromatic rings. The van der Waals surface area contributed by atoms with Crippen LogP contribution in [0.25, 0.3) is 0 Å². The number of aliphatic hydroxyl groups excluding tert-OH is 1. The van der Waals surface area contributed by atoms with Gasteiger partial charge in [0.2, 0.25) is 0 Å². The van der Waals surface area contributed by atoms with Crippen molar-refractivity contribution in [2.45, 2.75) is 39.5 Å². The fourth-order valence-corrected chi connectivity index (χ4v) is 1.03. The summed E-state index contributed by atoms with van der Waals surface area (Å²) in [5.74, 6) is 0. The molecule has 0 radical (unpaired) electrons. The Balaban J connectivity index is 4.01. The summed E-state index contributed by atoms with van der Waals surface area (Å²) in [7, 11) is 0. The van der Waals surface area contributed by atoms with Gasteiger partial charge in [-0.25, -0.2) is 4.79 Å². The topological polar surface area (TPSA) is 77.0 Å². The lowest BCUT2D eigenvalue weighted by Crippen LogP contribution is -2.43. The van der Waals surface area contributed by atoms with Crippen molar-refractivity contribution >= 4 is 6.09 Å². The number of alkyl carbamates (subject to hydrolysis) is 1. The molecule has 0 aliphatic heterocycles. The first kappa shape index (κ1) is 16.1. The van der Waals surface area contributed by atoms with Crippen molar-refractivity contribution in [1.29, 1.82) is 0 Å². The summed E-state index contributed by atoms with van der Waals surface area (Å²) < 4.78 is 15.4. The third-order valence-electron chi connectivity index (χ3n) is 1.55. The van der Waals surface area contributed by atoms with Crippen LogP contribution in [0.5, 0.6) is 0 Å². The molecule has 0 bridgehead atoms. The van der Waals surface area contributed by atoms with Gasteiger partial charge >= 0.3 is 6.09 Å². The van der Waals surface area contributed by atoms with Crippen molar-refractivity contribution in [3.63, 3.8) is 0 Å². The molecule has 1 unspecified atom stereocenters. The van der Waals surface area contributed by atoms with Crippen molar-refractivity contribution < 1.29 is 24.1 Å². The van der Waals surface area contributed by atoms with Gasteiger partial charge in [0.1, 0.15) is 5.60 Å². The molecular formula is C11H23NO5. The Kier molecular flexibility index (Phi) is 7.86. The SMILES string of the molecule is CCOC(COCCO)NC(=O)OC(C)(C)C. The smallest absolute Gasteiger partial charge is 0.409 e. The number of carbonyl (C=O) groups excluding carboxylic acids is 1. The zero-order chi connectivity index (χ0) is 13.3. The van der Waals surface area contributed by atoms with Crippen LogP contribution in [-0.4, -0.2) is 49.5 Å². The lowest BCUT2D eigenvalue weighted by molar-refractivity contribution is -0.0402. The maximum absolute atomic E-state index is 11.5. The summed E-state index contributed by atoms with van der Waals surface area (Å²) in [6, 6.07) is 0. The van der Waals surface area contributed by atoms with E-state index >= 15 is 0 Å². The van der Waals surface area contributed by atoms with Crippen LogP contribution in [0.1, 0.15) is 27.7 Å². The van der Waals surface area contributed by atoms with Gasteiger partial charge in [0.25, 0.3) is 0 Å². The van der Waals surface area contributed by atoms with Crippen molar-refractivity contribution in [3.8, 4) is 0 Å². The maximum Gasteiger partial charge on any atom is 0.409 e. The second kappa shape index (κ2) is 8.27. The summed E-state index contributed by atoms with van der Waals surface area (Å²) in [5.41, 5.74) is -0.549. The first-order valence-corrected chi connectivity index (χ1v) is 5.68. The van der Waals surface area contributed by atoms with Crippen molar-refractivity contribution in [1.82, 2.24) is 5.32 Å². The van der Waals surface area contributed by atoms with Crippen LogP contribution in [0, 0.1) is 0 Å². The lowest BCUT2D eigenvalue weighted by Gasteiger charge is -2.23. The van der Waals surface area contributed by atoms with Crippen LogP contribution in [0.2, 0.25) is 0 Å². The van der Waals surface area contributed by atoms with E-state index in [1.165, 1.54) is 0 Å². The Morgan fingerprint density at radius 1 is 1.41 bits per heavy atom. The van der Waals surface area contributed by atoms with Crippen LogP contribution >= 0.6 is 0 Å². The van der Waals surface area contributed by atoms with E-state index < -0.39 is 17.9 Å². The molecule has 0 aliphatic carbocycles. The first-order valence-electron chi connectivity index (χ1n) is 5.68. The molecule has 0 aromatic heterocycles. The van der Waals surface area contributed by atoms with E-state index in [1.807, 2.05) is 6.92 Å². The van der Waals surface area contributed by atoms with E-state index in [0.717, 1.165) is 0 Å². The number of nitrogens with one attached hydrogen (secondary N) is 1. The average Bonchev–Trinajstić information content (AvgIpc) is 2.15. The van der Waals surface area contributed by atoms with Gasteiger partial charge in [-0.15, -0.1) is 0 Å². The largest absolute Gasteiger partial charge is 0.444 e. The third kappa shape index (κ3) is 10.0. The number of hydrogen-bond donors (Lipinski definition) is 2. The van der Waals surface area contributed by atoms with Crippen LogP contribution < -0.4 is 5.32 Å². The highest BCUT2D eigenvalue weighted by atomic mass is 16.6. The number of ether oxygens (including phenoxy) is 3. The molecule has 0 saturated heterocycles.